The average molecular weight is 284 g/mol. The summed E-state index contributed by atoms with van der Waals surface area (Å²) in [5.74, 6) is 1.51. The Balaban J connectivity index is 2.17. The van der Waals surface area contributed by atoms with Crippen molar-refractivity contribution in [3.05, 3.63) is 34.4 Å². The summed E-state index contributed by atoms with van der Waals surface area (Å²) in [7, 11) is 0. The van der Waals surface area contributed by atoms with Crippen molar-refractivity contribution in [1.82, 2.24) is 0 Å². The Bertz CT molecular complexity index is 549. The third-order valence-electron chi connectivity index (χ3n) is 6.68. The molecule has 0 heterocycles. The van der Waals surface area contributed by atoms with Gasteiger partial charge < -0.3 is 0 Å². The maximum absolute atomic E-state index is 2.57. The summed E-state index contributed by atoms with van der Waals surface area (Å²) >= 11 is 0. The highest BCUT2D eigenvalue weighted by atomic mass is 14.5. The first-order chi connectivity index (χ1) is 9.77. The second-order valence-corrected chi connectivity index (χ2v) is 8.83. The number of benzene rings is 1. The molecule has 0 bridgehead atoms. The number of aryl methyl sites for hydroxylation is 1. The Morgan fingerprint density at radius 2 is 1.81 bits per heavy atom. The molecule has 1 saturated carbocycles. The van der Waals surface area contributed by atoms with Gasteiger partial charge in [-0.2, -0.15) is 0 Å². The van der Waals surface area contributed by atoms with Crippen molar-refractivity contribution < 1.29 is 0 Å². The molecule has 1 aromatic carbocycles. The average Bonchev–Trinajstić information content (AvgIpc) is 2.36. The van der Waals surface area contributed by atoms with Crippen LogP contribution in [0.15, 0.2) is 12.1 Å². The minimum Gasteiger partial charge on any atom is -0.0596 e. The van der Waals surface area contributed by atoms with Gasteiger partial charge in [-0.25, -0.2) is 0 Å². The molecule has 21 heavy (non-hydrogen) atoms. The van der Waals surface area contributed by atoms with E-state index in [0.717, 1.165) is 5.92 Å². The van der Waals surface area contributed by atoms with Crippen LogP contribution in [0, 0.1) is 18.3 Å². The van der Waals surface area contributed by atoms with Crippen molar-refractivity contribution in [2.45, 2.75) is 85.0 Å². The van der Waals surface area contributed by atoms with E-state index in [0.29, 0.717) is 16.7 Å². The summed E-state index contributed by atoms with van der Waals surface area (Å²) in [5, 5.41) is 0. The lowest BCUT2D eigenvalue weighted by molar-refractivity contribution is 0.0405. The van der Waals surface area contributed by atoms with Crippen LogP contribution >= 0.6 is 0 Å². The van der Waals surface area contributed by atoms with Gasteiger partial charge in [-0.15, -0.1) is 0 Å². The van der Waals surface area contributed by atoms with Gasteiger partial charge in [-0.05, 0) is 77.5 Å². The van der Waals surface area contributed by atoms with E-state index in [2.05, 4.69) is 53.7 Å². The van der Waals surface area contributed by atoms with Crippen molar-refractivity contribution in [3.63, 3.8) is 0 Å². The molecule has 0 spiro atoms. The van der Waals surface area contributed by atoms with Crippen molar-refractivity contribution in [2.24, 2.45) is 11.3 Å². The summed E-state index contributed by atoms with van der Waals surface area (Å²) in [4.78, 5) is 0. The van der Waals surface area contributed by atoms with Gasteiger partial charge in [0.15, 0.2) is 0 Å². The number of hydrogen-bond acceptors (Lipinski definition) is 0. The van der Waals surface area contributed by atoms with Crippen LogP contribution in [0.5, 0.6) is 0 Å². The number of rotatable bonds is 1. The first-order valence-corrected chi connectivity index (χ1v) is 8.90. The molecule has 2 atom stereocenters. The molecular formula is C21H32. The predicted molar refractivity (Wildman–Crippen MR) is 92.1 cm³/mol. The van der Waals surface area contributed by atoms with Crippen LogP contribution in [0.25, 0.3) is 0 Å². The maximum atomic E-state index is 2.57. The second kappa shape index (κ2) is 4.86. The van der Waals surface area contributed by atoms with Crippen LogP contribution in [-0.4, -0.2) is 0 Å². The Morgan fingerprint density at radius 3 is 2.48 bits per heavy atom. The molecule has 0 aliphatic heterocycles. The molecule has 2 aliphatic rings. The highest BCUT2D eigenvalue weighted by Crippen LogP contribution is 2.57. The molecule has 1 aromatic rings. The Hall–Kier alpha value is -0.780. The zero-order chi connectivity index (χ0) is 15.4. The molecule has 0 unspecified atom stereocenters. The first-order valence-electron chi connectivity index (χ1n) is 8.90. The Morgan fingerprint density at radius 1 is 1.10 bits per heavy atom. The first kappa shape index (κ1) is 15.1. The van der Waals surface area contributed by atoms with Crippen LogP contribution in [0.2, 0.25) is 0 Å². The van der Waals surface area contributed by atoms with Gasteiger partial charge in [-0.3, -0.25) is 0 Å². The Labute approximate surface area is 131 Å². The third kappa shape index (κ3) is 2.17. The van der Waals surface area contributed by atoms with Crippen LogP contribution < -0.4 is 0 Å². The van der Waals surface area contributed by atoms with E-state index < -0.39 is 0 Å². The molecule has 0 heteroatoms. The van der Waals surface area contributed by atoms with Gasteiger partial charge in [0.25, 0.3) is 0 Å². The molecule has 1 fully saturated rings. The zero-order valence-corrected chi connectivity index (χ0v) is 14.8. The largest absolute Gasteiger partial charge is 0.0596 e. The monoisotopic (exact) mass is 284 g/mol. The summed E-state index contributed by atoms with van der Waals surface area (Å²) < 4.78 is 0. The molecule has 2 aliphatic carbocycles. The molecule has 0 radical (unpaired) electrons. The normalized spacial score (nSPS) is 30.9. The lowest BCUT2D eigenvalue weighted by atomic mass is 9.50. The van der Waals surface area contributed by atoms with Crippen molar-refractivity contribution in [2.75, 3.05) is 0 Å². The maximum Gasteiger partial charge on any atom is -0.00390 e. The Kier molecular flexibility index (Phi) is 3.50. The lowest BCUT2D eigenvalue weighted by Crippen LogP contribution is -2.48. The van der Waals surface area contributed by atoms with Gasteiger partial charge in [0.1, 0.15) is 0 Å². The highest BCUT2D eigenvalue weighted by molar-refractivity contribution is 5.48. The van der Waals surface area contributed by atoms with E-state index in [4.69, 9.17) is 0 Å². The predicted octanol–water partition coefficient (Wildman–Crippen LogP) is 6.15. The van der Waals surface area contributed by atoms with Crippen LogP contribution in [0.4, 0.5) is 0 Å². The molecule has 0 saturated heterocycles. The summed E-state index contributed by atoms with van der Waals surface area (Å²) in [5.41, 5.74) is 7.47. The van der Waals surface area contributed by atoms with E-state index in [1.807, 2.05) is 0 Å². The van der Waals surface area contributed by atoms with E-state index in [1.165, 1.54) is 37.7 Å². The molecule has 0 nitrogen and oxygen atoms in total. The third-order valence-corrected chi connectivity index (χ3v) is 6.68. The SMILES string of the molecule is Cc1ccc2c(c1C(C)C)CC[C@H]1C(C)(C)CCC[C@]21C. The molecule has 0 amide bonds. The van der Waals surface area contributed by atoms with E-state index >= 15 is 0 Å². The van der Waals surface area contributed by atoms with Crippen molar-refractivity contribution in [1.29, 1.82) is 0 Å². The fraction of sp³-hybridized carbons (Fsp3) is 0.714. The smallest absolute Gasteiger partial charge is 0.00390 e. The molecule has 0 N–H and O–H groups in total. The quantitative estimate of drug-likeness (QED) is 0.580. The molecule has 116 valence electrons. The minimum atomic E-state index is 0.409. The van der Waals surface area contributed by atoms with Crippen molar-refractivity contribution in [3.8, 4) is 0 Å². The standard InChI is InChI=1S/C21H32/c1-14(2)19-15(3)8-10-17-16(19)9-11-18-20(4,5)12-7-13-21(17,18)6/h8,10,14,18H,7,9,11-13H2,1-6H3/t18-,21+/m0/s1. The zero-order valence-electron chi connectivity index (χ0n) is 14.8. The van der Waals surface area contributed by atoms with Crippen molar-refractivity contribution >= 4 is 0 Å². The number of hydrogen-bond donors (Lipinski definition) is 0. The fourth-order valence-corrected chi connectivity index (χ4v) is 5.83. The van der Waals surface area contributed by atoms with Gasteiger partial charge in [-0.1, -0.05) is 53.2 Å². The van der Waals surface area contributed by atoms with Gasteiger partial charge in [0, 0.05) is 0 Å². The molecule has 3 rings (SSSR count). The summed E-state index contributed by atoms with van der Waals surface area (Å²) in [6.45, 7) is 14.6. The van der Waals surface area contributed by atoms with Gasteiger partial charge in [0.05, 0.1) is 0 Å². The fourth-order valence-electron chi connectivity index (χ4n) is 5.83. The van der Waals surface area contributed by atoms with Gasteiger partial charge in [0.2, 0.25) is 0 Å². The van der Waals surface area contributed by atoms with E-state index in [-0.39, 0.29) is 0 Å². The van der Waals surface area contributed by atoms with E-state index in [9.17, 15) is 0 Å². The van der Waals surface area contributed by atoms with Crippen LogP contribution in [-0.2, 0) is 11.8 Å². The number of fused-ring (bicyclic) bond motifs is 3. The van der Waals surface area contributed by atoms with E-state index in [1.54, 1.807) is 16.7 Å². The van der Waals surface area contributed by atoms with Gasteiger partial charge >= 0.3 is 0 Å². The van der Waals surface area contributed by atoms with Crippen LogP contribution in [0.3, 0.4) is 0 Å². The van der Waals surface area contributed by atoms with Crippen LogP contribution in [0.1, 0.15) is 88.5 Å². The minimum absolute atomic E-state index is 0.409. The lowest BCUT2D eigenvalue weighted by Gasteiger charge is -2.55. The highest BCUT2D eigenvalue weighted by Gasteiger charge is 2.49. The topological polar surface area (TPSA) is 0 Å². The molecule has 0 aromatic heterocycles. The second-order valence-electron chi connectivity index (χ2n) is 8.83. The summed E-state index contributed by atoms with van der Waals surface area (Å²) in [6, 6.07) is 4.87. The molecular weight excluding hydrogens is 252 g/mol. The summed E-state index contributed by atoms with van der Waals surface area (Å²) in [6.07, 6.45) is 6.87.